The minimum Gasteiger partial charge on any atom is -0.354 e. The maximum atomic E-state index is 13.1. The standard InChI is InChI=1S/C25H28FN5/c26-21-10-8-19(9-11-21)17-30-12-14-31(15-13-30)25-16-24(27-18-28-25)29-23-7-3-5-20-4-1-2-6-22(20)23/h3,5,7-11,16,18H,1-2,4,6,12-15,17H2,(H,27,28,29). The highest BCUT2D eigenvalue weighted by Crippen LogP contribution is 2.30. The normalized spacial score (nSPS) is 16.7. The predicted molar refractivity (Wildman–Crippen MR) is 122 cm³/mol. The quantitative estimate of drug-likeness (QED) is 0.659. The van der Waals surface area contributed by atoms with E-state index in [0.717, 1.165) is 56.3 Å². The second kappa shape index (κ2) is 9.02. The number of aryl methyl sites for hydroxylation is 1. The zero-order valence-corrected chi connectivity index (χ0v) is 17.7. The molecule has 0 spiro atoms. The van der Waals surface area contributed by atoms with Crippen LogP contribution in [0.5, 0.6) is 0 Å². The fraction of sp³-hybridized carbons (Fsp3) is 0.360. The molecule has 2 heterocycles. The van der Waals surface area contributed by atoms with Gasteiger partial charge < -0.3 is 10.2 Å². The van der Waals surface area contributed by atoms with Crippen LogP contribution in [0, 0.1) is 5.82 Å². The van der Waals surface area contributed by atoms with Gasteiger partial charge in [-0.1, -0.05) is 24.3 Å². The third-order valence-corrected chi connectivity index (χ3v) is 6.33. The van der Waals surface area contributed by atoms with Crippen molar-refractivity contribution in [2.24, 2.45) is 0 Å². The zero-order valence-electron chi connectivity index (χ0n) is 17.7. The summed E-state index contributed by atoms with van der Waals surface area (Å²) >= 11 is 0. The Morgan fingerprint density at radius 2 is 1.71 bits per heavy atom. The van der Waals surface area contributed by atoms with Gasteiger partial charge in [0.1, 0.15) is 23.8 Å². The maximum absolute atomic E-state index is 13.1. The summed E-state index contributed by atoms with van der Waals surface area (Å²) in [4.78, 5) is 13.7. The van der Waals surface area contributed by atoms with E-state index in [1.807, 2.05) is 12.1 Å². The first-order valence-corrected chi connectivity index (χ1v) is 11.2. The molecule has 2 aromatic carbocycles. The molecule has 160 valence electrons. The molecule has 1 aromatic heterocycles. The lowest BCUT2D eigenvalue weighted by atomic mass is 9.90. The minimum atomic E-state index is -0.183. The van der Waals surface area contributed by atoms with Crippen LogP contribution in [0.25, 0.3) is 0 Å². The fourth-order valence-corrected chi connectivity index (χ4v) is 4.61. The molecule has 2 aliphatic rings. The van der Waals surface area contributed by atoms with Crippen molar-refractivity contribution in [1.29, 1.82) is 0 Å². The van der Waals surface area contributed by atoms with Crippen LogP contribution in [0.3, 0.4) is 0 Å². The third kappa shape index (κ3) is 4.69. The van der Waals surface area contributed by atoms with Crippen LogP contribution < -0.4 is 10.2 Å². The van der Waals surface area contributed by atoms with E-state index in [0.29, 0.717) is 0 Å². The molecule has 5 nitrogen and oxygen atoms in total. The lowest BCUT2D eigenvalue weighted by molar-refractivity contribution is 0.249. The van der Waals surface area contributed by atoms with Gasteiger partial charge in [-0.2, -0.15) is 0 Å². The summed E-state index contributed by atoms with van der Waals surface area (Å²) in [5, 5.41) is 3.54. The van der Waals surface area contributed by atoms with E-state index in [-0.39, 0.29) is 5.82 Å². The Bertz CT molecular complexity index is 1030. The van der Waals surface area contributed by atoms with Gasteiger partial charge in [0.05, 0.1) is 0 Å². The van der Waals surface area contributed by atoms with Gasteiger partial charge in [-0.15, -0.1) is 0 Å². The number of aromatic nitrogens is 2. The fourth-order valence-electron chi connectivity index (χ4n) is 4.61. The van der Waals surface area contributed by atoms with Crippen molar-refractivity contribution in [3.63, 3.8) is 0 Å². The van der Waals surface area contributed by atoms with Crippen molar-refractivity contribution in [2.75, 3.05) is 36.4 Å². The Labute approximate surface area is 182 Å². The summed E-state index contributed by atoms with van der Waals surface area (Å²) in [6.07, 6.45) is 6.48. The number of hydrogen-bond acceptors (Lipinski definition) is 5. The lowest BCUT2D eigenvalue weighted by Gasteiger charge is -2.35. The smallest absolute Gasteiger partial charge is 0.135 e. The topological polar surface area (TPSA) is 44.3 Å². The van der Waals surface area contributed by atoms with Crippen LogP contribution in [-0.4, -0.2) is 41.0 Å². The van der Waals surface area contributed by atoms with Gasteiger partial charge in [-0.25, -0.2) is 14.4 Å². The largest absolute Gasteiger partial charge is 0.354 e. The number of anilines is 3. The average molecular weight is 418 g/mol. The Morgan fingerprint density at radius 3 is 2.55 bits per heavy atom. The van der Waals surface area contributed by atoms with Crippen LogP contribution in [0.1, 0.15) is 29.5 Å². The molecule has 31 heavy (non-hydrogen) atoms. The highest BCUT2D eigenvalue weighted by atomic mass is 19.1. The number of rotatable bonds is 5. The Kier molecular flexibility index (Phi) is 5.80. The summed E-state index contributed by atoms with van der Waals surface area (Å²) in [6.45, 7) is 4.59. The molecule has 1 aliphatic carbocycles. The molecule has 0 radical (unpaired) electrons. The molecule has 0 saturated carbocycles. The van der Waals surface area contributed by atoms with Crippen molar-refractivity contribution in [1.82, 2.24) is 14.9 Å². The highest BCUT2D eigenvalue weighted by Gasteiger charge is 2.19. The maximum Gasteiger partial charge on any atom is 0.135 e. The van der Waals surface area contributed by atoms with Crippen molar-refractivity contribution in [3.05, 3.63) is 77.4 Å². The van der Waals surface area contributed by atoms with E-state index in [4.69, 9.17) is 0 Å². The number of fused-ring (bicyclic) bond motifs is 1. The van der Waals surface area contributed by atoms with Crippen LogP contribution >= 0.6 is 0 Å². The van der Waals surface area contributed by atoms with Crippen molar-refractivity contribution < 1.29 is 4.39 Å². The van der Waals surface area contributed by atoms with Crippen LogP contribution in [0.4, 0.5) is 21.7 Å². The monoisotopic (exact) mass is 417 g/mol. The van der Waals surface area contributed by atoms with Gasteiger partial charge in [-0.3, -0.25) is 4.90 Å². The number of halogens is 1. The number of benzene rings is 2. The molecule has 0 atom stereocenters. The van der Waals surface area contributed by atoms with Gasteiger partial charge in [0.15, 0.2) is 0 Å². The van der Waals surface area contributed by atoms with Crippen molar-refractivity contribution in [3.8, 4) is 0 Å². The second-order valence-electron chi connectivity index (χ2n) is 8.43. The molecule has 1 saturated heterocycles. The van der Waals surface area contributed by atoms with Crippen LogP contribution in [0.2, 0.25) is 0 Å². The summed E-state index contributed by atoms with van der Waals surface area (Å²) < 4.78 is 13.1. The molecular formula is C25H28FN5. The van der Waals surface area contributed by atoms with Gasteiger partial charge in [0.2, 0.25) is 0 Å². The summed E-state index contributed by atoms with van der Waals surface area (Å²) in [6, 6.07) is 15.4. The molecule has 0 amide bonds. The second-order valence-corrected chi connectivity index (χ2v) is 8.43. The Hall–Kier alpha value is -2.99. The minimum absolute atomic E-state index is 0.183. The lowest BCUT2D eigenvalue weighted by Crippen LogP contribution is -2.46. The van der Waals surface area contributed by atoms with Gasteiger partial charge in [-0.05, 0) is 60.6 Å². The molecule has 6 heteroatoms. The summed E-state index contributed by atoms with van der Waals surface area (Å²) in [7, 11) is 0. The van der Waals surface area contributed by atoms with Crippen molar-refractivity contribution >= 4 is 17.3 Å². The molecule has 1 fully saturated rings. The Morgan fingerprint density at radius 1 is 0.903 bits per heavy atom. The third-order valence-electron chi connectivity index (χ3n) is 6.33. The zero-order chi connectivity index (χ0) is 21.0. The number of piperazine rings is 1. The molecule has 0 bridgehead atoms. The Balaban J connectivity index is 1.23. The first-order chi connectivity index (χ1) is 15.2. The van der Waals surface area contributed by atoms with E-state index >= 15 is 0 Å². The van der Waals surface area contributed by atoms with E-state index in [1.165, 1.54) is 48.2 Å². The molecule has 0 unspecified atom stereocenters. The highest BCUT2D eigenvalue weighted by molar-refractivity contribution is 5.64. The number of hydrogen-bond donors (Lipinski definition) is 1. The van der Waals surface area contributed by atoms with Gasteiger partial charge in [0.25, 0.3) is 0 Å². The van der Waals surface area contributed by atoms with Crippen LogP contribution in [0.15, 0.2) is 54.9 Å². The van der Waals surface area contributed by atoms with Gasteiger partial charge in [0, 0.05) is 44.5 Å². The first kappa shape index (κ1) is 19.9. The average Bonchev–Trinajstić information content (AvgIpc) is 2.82. The molecular weight excluding hydrogens is 389 g/mol. The van der Waals surface area contributed by atoms with Crippen LogP contribution in [-0.2, 0) is 19.4 Å². The first-order valence-electron chi connectivity index (χ1n) is 11.2. The van der Waals surface area contributed by atoms with E-state index in [1.54, 1.807) is 6.33 Å². The van der Waals surface area contributed by atoms with E-state index < -0.39 is 0 Å². The van der Waals surface area contributed by atoms with E-state index in [9.17, 15) is 4.39 Å². The molecule has 1 N–H and O–H groups in total. The molecule has 3 aromatic rings. The molecule has 1 aliphatic heterocycles. The number of nitrogens with one attached hydrogen (secondary N) is 1. The molecule has 5 rings (SSSR count). The summed E-state index contributed by atoms with van der Waals surface area (Å²) in [5.74, 6) is 1.62. The van der Waals surface area contributed by atoms with Gasteiger partial charge >= 0.3 is 0 Å². The summed E-state index contributed by atoms with van der Waals surface area (Å²) in [5.41, 5.74) is 5.21. The SMILES string of the molecule is Fc1ccc(CN2CCN(c3cc(Nc4cccc5c4CCCC5)ncn3)CC2)cc1. The van der Waals surface area contributed by atoms with Crippen molar-refractivity contribution in [2.45, 2.75) is 32.2 Å². The predicted octanol–water partition coefficient (Wildman–Crippen LogP) is 4.56. The van der Waals surface area contributed by atoms with E-state index in [2.05, 4.69) is 49.4 Å². The number of nitrogens with zero attached hydrogens (tertiary/aromatic N) is 4.